The van der Waals surface area contributed by atoms with Gasteiger partial charge in [0.2, 0.25) is 5.91 Å². The van der Waals surface area contributed by atoms with Crippen molar-refractivity contribution in [1.82, 2.24) is 20.1 Å². The molecule has 0 saturated heterocycles. The van der Waals surface area contributed by atoms with Crippen molar-refractivity contribution >= 4 is 17.6 Å². The van der Waals surface area contributed by atoms with Crippen LogP contribution in [0.5, 0.6) is 0 Å². The molecule has 168 valence electrons. The fourth-order valence-electron chi connectivity index (χ4n) is 3.21. The number of alkyl halides is 3. The molecule has 4 rings (SSSR count). The molecule has 32 heavy (non-hydrogen) atoms. The molecule has 2 heterocycles. The number of nitrogens with one attached hydrogen (secondary N) is 2. The van der Waals surface area contributed by atoms with Crippen LogP contribution in [0, 0.1) is 0 Å². The highest BCUT2D eigenvalue weighted by atomic mass is 19.4. The van der Waals surface area contributed by atoms with Gasteiger partial charge in [0.25, 0.3) is 0 Å². The van der Waals surface area contributed by atoms with Crippen LogP contribution < -0.4 is 10.6 Å². The maximum absolute atomic E-state index is 12.4. The number of fused-ring (bicyclic) bond motifs is 1. The second kappa shape index (κ2) is 10.1. The normalized spacial score (nSPS) is 14.8. The number of hydrogen-bond donors (Lipinski definition) is 3. The van der Waals surface area contributed by atoms with Crippen LogP contribution in [0.3, 0.4) is 0 Å². The van der Waals surface area contributed by atoms with Gasteiger partial charge in [-0.3, -0.25) is 4.79 Å². The molecule has 1 unspecified atom stereocenters. The van der Waals surface area contributed by atoms with E-state index in [-0.39, 0.29) is 11.9 Å². The molecule has 3 N–H and O–H groups in total. The summed E-state index contributed by atoms with van der Waals surface area (Å²) in [6.45, 7) is 1.45. The number of carboxylic acids is 1. The van der Waals surface area contributed by atoms with Gasteiger partial charge < -0.3 is 15.7 Å². The monoisotopic (exact) mass is 447 g/mol. The van der Waals surface area contributed by atoms with E-state index in [0.29, 0.717) is 13.0 Å². The predicted octanol–water partition coefficient (Wildman–Crippen LogP) is 3.13. The SMILES string of the molecule is O=C(CC1NCc2ccccc21)Nc1cccc(Cn2cncn2)c1.O=C(O)C(F)(F)F. The summed E-state index contributed by atoms with van der Waals surface area (Å²) >= 11 is 0. The highest BCUT2D eigenvalue weighted by molar-refractivity contribution is 5.91. The Kier molecular flexibility index (Phi) is 7.21. The molecule has 11 heteroatoms. The maximum atomic E-state index is 12.4. The zero-order chi connectivity index (χ0) is 23.1. The Morgan fingerprint density at radius 3 is 2.62 bits per heavy atom. The molecule has 8 nitrogen and oxygen atoms in total. The second-order valence-electron chi connectivity index (χ2n) is 6.98. The number of carbonyl (C=O) groups is 2. The minimum absolute atomic E-state index is 0.00658. The Morgan fingerprint density at radius 1 is 1.19 bits per heavy atom. The summed E-state index contributed by atoms with van der Waals surface area (Å²) < 4.78 is 33.5. The van der Waals surface area contributed by atoms with Crippen LogP contribution in [0.1, 0.15) is 29.2 Å². The van der Waals surface area contributed by atoms with Crippen molar-refractivity contribution in [3.8, 4) is 0 Å². The highest BCUT2D eigenvalue weighted by Gasteiger charge is 2.38. The first-order valence-electron chi connectivity index (χ1n) is 9.55. The number of rotatable bonds is 5. The Hall–Kier alpha value is -3.73. The van der Waals surface area contributed by atoms with Crippen molar-refractivity contribution in [2.75, 3.05) is 5.32 Å². The number of aromatic nitrogens is 3. The van der Waals surface area contributed by atoms with Gasteiger partial charge in [0.15, 0.2) is 0 Å². The average Bonchev–Trinajstić information content (AvgIpc) is 3.38. The fraction of sp³-hybridized carbons (Fsp3) is 0.238. The summed E-state index contributed by atoms with van der Waals surface area (Å²) in [5, 5.41) is 17.6. The molecular formula is C21H20F3N5O3. The number of aliphatic carboxylic acids is 1. The lowest BCUT2D eigenvalue weighted by atomic mass is 10.0. The van der Waals surface area contributed by atoms with Gasteiger partial charge in [0.05, 0.1) is 6.54 Å². The highest BCUT2D eigenvalue weighted by Crippen LogP contribution is 2.27. The number of anilines is 1. The first-order valence-corrected chi connectivity index (χ1v) is 9.55. The third kappa shape index (κ3) is 6.38. The van der Waals surface area contributed by atoms with Crippen molar-refractivity contribution < 1.29 is 27.9 Å². The number of amides is 1. The molecule has 1 aliphatic heterocycles. The molecule has 0 spiro atoms. The number of halogens is 3. The summed E-state index contributed by atoms with van der Waals surface area (Å²) in [4.78, 5) is 25.3. The van der Waals surface area contributed by atoms with Gasteiger partial charge in [-0.1, -0.05) is 36.4 Å². The molecule has 2 aromatic carbocycles. The molecule has 3 aromatic rings. The summed E-state index contributed by atoms with van der Waals surface area (Å²) in [5.41, 5.74) is 4.36. The lowest BCUT2D eigenvalue weighted by Gasteiger charge is -2.13. The van der Waals surface area contributed by atoms with Gasteiger partial charge >= 0.3 is 12.1 Å². The van der Waals surface area contributed by atoms with E-state index in [1.807, 2.05) is 36.4 Å². The molecule has 1 atom stereocenters. The number of benzene rings is 2. The van der Waals surface area contributed by atoms with E-state index in [1.54, 1.807) is 11.0 Å². The van der Waals surface area contributed by atoms with E-state index < -0.39 is 12.1 Å². The molecule has 0 saturated carbocycles. The maximum Gasteiger partial charge on any atom is 0.490 e. The number of carboxylic acid groups (broad SMARTS) is 1. The first-order chi connectivity index (χ1) is 15.2. The largest absolute Gasteiger partial charge is 0.490 e. The van der Waals surface area contributed by atoms with E-state index in [2.05, 4.69) is 32.8 Å². The number of hydrogen-bond acceptors (Lipinski definition) is 5. The van der Waals surface area contributed by atoms with Gasteiger partial charge in [-0.2, -0.15) is 18.3 Å². The summed E-state index contributed by atoms with van der Waals surface area (Å²) in [5.74, 6) is -2.75. The van der Waals surface area contributed by atoms with Crippen LogP contribution in [0.2, 0.25) is 0 Å². The Labute approximate surface area is 181 Å². The lowest BCUT2D eigenvalue weighted by molar-refractivity contribution is -0.192. The van der Waals surface area contributed by atoms with Gasteiger partial charge in [0, 0.05) is 24.7 Å². The smallest absolute Gasteiger partial charge is 0.475 e. The minimum atomic E-state index is -5.08. The van der Waals surface area contributed by atoms with Crippen molar-refractivity contribution in [2.24, 2.45) is 0 Å². The average molecular weight is 447 g/mol. The first kappa shape index (κ1) is 22.9. The summed E-state index contributed by atoms with van der Waals surface area (Å²) in [6.07, 6.45) is -1.48. The molecular weight excluding hydrogens is 427 g/mol. The molecule has 0 aliphatic carbocycles. The topological polar surface area (TPSA) is 109 Å². The molecule has 1 aromatic heterocycles. The van der Waals surface area contributed by atoms with Crippen LogP contribution in [0.15, 0.2) is 61.2 Å². The Morgan fingerprint density at radius 2 is 1.94 bits per heavy atom. The summed E-state index contributed by atoms with van der Waals surface area (Å²) in [6, 6.07) is 16.1. The van der Waals surface area contributed by atoms with E-state index in [0.717, 1.165) is 17.8 Å². The quantitative estimate of drug-likeness (QED) is 0.555. The molecule has 0 fully saturated rings. The van der Waals surface area contributed by atoms with Gasteiger partial charge in [-0.25, -0.2) is 14.5 Å². The molecule has 1 amide bonds. The number of carbonyl (C=O) groups excluding carboxylic acids is 1. The zero-order valence-electron chi connectivity index (χ0n) is 16.7. The van der Waals surface area contributed by atoms with E-state index >= 15 is 0 Å². The lowest BCUT2D eigenvalue weighted by Crippen LogP contribution is -2.21. The zero-order valence-corrected chi connectivity index (χ0v) is 16.7. The minimum Gasteiger partial charge on any atom is -0.475 e. The van der Waals surface area contributed by atoms with Crippen molar-refractivity contribution in [3.05, 3.63) is 77.9 Å². The van der Waals surface area contributed by atoms with E-state index in [1.165, 1.54) is 17.5 Å². The number of nitrogens with zero attached hydrogens (tertiary/aromatic N) is 3. The Bertz CT molecular complexity index is 1070. The third-order valence-corrected chi connectivity index (χ3v) is 4.62. The van der Waals surface area contributed by atoms with Crippen molar-refractivity contribution in [2.45, 2.75) is 31.7 Å². The fourth-order valence-corrected chi connectivity index (χ4v) is 3.21. The van der Waals surface area contributed by atoms with Gasteiger partial charge in [-0.15, -0.1) is 0 Å². The van der Waals surface area contributed by atoms with Crippen molar-refractivity contribution in [1.29, 1.82) is 0 Å². The van der Waals surface area contributed by atoms with Crippen LogP contribution in [0.4, 0.5) is 18.9 Å². The molecule has 1 aliphatic rings. The van der Waals surface area contributed by atoms with Crippen LogP contribution in [0.25, 0.3) is 0 Å². The summed E-state index contributed by atoms with van der Waals surface area (Å²) in [7, 11) is 0. The van der Waals surface area contributed by atoms with Crippen LogP contribution in [-0.4, -0.2) is 37.9 Å². The van der Waals surface area contributed by atoms with Crippen molar-refractivity contribution in [3.63, 3.8) is 0 Å². The van der Waals surface area contributed by atoms with Gasteiger partial charge in [-0.05, 0) is 28.8 Å². The standard InChI is InChI=1S/C19H19N5O.C2HF3O2/c25-19(9-18-17-7-2-1-5-15(17)10-21-18)23-16-6-3-4-14(8-16)11-24-13-20-12-22-24;3-2(4,5)1(6)7/h1-8,12-13,18,21H,9-11H2,(H,23,25);(H,6,7). The molecule has 0 radical (unpaired) electrons. The van der Waals surface area contributed by atoms with E-state index in [4.69, 9.17) is 9.90 Å². The predicted molar refractivity (Wildman–Crippen MR) is 109 cm³/mol. The Balaban J connectivity index is 0.000000360. The van der Waals surface area contributed by atoms with Gasteiger partial charge in [0.1, 0.15) is 12.7 Å². The third-order valence-electron chi connectivity index (χ3n) is 4.62. The van der Waals surface area contributed by atoms with Crippen LogP contribution in [-0.2, 0) is 22.7 Å². The van der Waals surface area contributed by atoms with Crippen LogP contribution >= 0.6 is 0 Å². The molecule has 0 bridgehead atoms. The second-order valence-corrected chi connectivity index (χ2v) is 6.98. The van der Waals surface area contributed by atoms with E-state index in [9.17, 15) is 18.0 Å².